The molecular weight excluding hydrogens is 375 g/mol. The van der Waals surface area contributed by atoms with Crippen LogP contribution in [0.15, 0.2) is 42.5 Å². The first-order valence-corrected chi connectivity index (χ1v) is 10.0. The average molecular weight is 396 g/mol. The van der Waals surface area contributed by atoms with Crippen molar-refractivity contribution in [1.82, 2.24) is 10.3 Å². The molecule has 0 radical (unpaired) electrons. The number of thiazole rings is 1. The fourth-order valence-electron chi connectivity index (χ4n) is 2.86. The Hall–Kier alpha value is -2.98. The summed E-state index contributed by atoms with van der Waals surface area (Å²) >= 11 is 1.71. The van der Waals surface area contributed by atoms with Crippen molar-refractivity contribution in [2.45, 2.75) is 25.7 Å². The zero-order valence-electron chi connectivity index (χ0n) is 15.4. The van der Waals surface area contributed by atoms with Gasteiger partial charge in [-0.2, -0.15) is 5.26 Å². The first kappa shape index (κ1) is 19.8. The predicted molar refractivity (Wildman–Crippen MR) is 110 cm³/mol. The Labute approximate surface area is 167 Å². The number of rotatable bonds is 9. The highest BCUT2D eigenvalue weighted by molar-refractivity contribution is 7.18. The molecule has 3 rings (SSSR count). The first-order valence-electron chi connectivity index (χ1n) is 9.21. The summed E-state index contributed by atoms with van der Waals surface area (Å²) < 4.78 is 14.7. The number of nitrogens with zero attached hydrogens (tertiary/aromatic N) is 2. The van der Waals surface area contributed by atoms with Gasteiger partial charge in [-0.05, 0) is 43.5 Å². The van der Waals surface area contributed by atoms with Crippen LogP contribution < -0.4 is 10.6 Å². The van der Waals surface area contributed by atoms with Crippen LogP contribution in [-0.4, -0.2) is 24.0 Å². The molecule has 0 saturated heterocycles. The minimum absolute atomic E-state index is 0.00847. The summed E-state index contributed by atoms with van der Waals surface area (Å²) in [7, 11) is 0. The van der Waals surface area contributed by atoms with Crippen molar-refractivity contribution in [1.29, 1.82) is 5.26 Å². The topological polar surface area (TPSA) is 77.8 Å². The zero-order valence-corrected chi connectivity index (χ0v) is 16.2. The number of aromatic nitrogens is 1. The number of halogens is 1. The number of amides is 1. The second-order valence-electron chi connectivity index (χ2n) is 6.33. The van der Waals surface area contributed by atoms with Gasteiger partial charge in [-0.3, -0.25) is 4.79 Å². The van der Waals surface area contributed by atoms with Crippen LogP contribution >= 0.6 is 11.3 Å². The van der Waals surface area contributed by atoms with Crippen molar-refractivity contribution in [3.8, 4) is 6.07 Å². The van der Waals surface area contributed by atoms with E-state index in [2.05, 4.69) is 21.7 Å². The summed E-state index contributed by atoms with van der Waals surface area (Å²) in [6, 6.07) is 14.4. The molecule has 0 fully saturated rings. The lowest BCUT2D eigenvalue weighted by atomic mass is 10.2. The van der Waals surface area contributed by atoms with E-state index in [1.807, 2.05) is 24.3 Å². The molecule has 5 nitrogen and oxygen atoms in total. The molecule has 0 spiro atoms. The van der Waals surface area contributed by atoms with Gasteiger partial charge in [0.05, 0.1) is 20.9 Å². The van der Waals surface area contributed by atoms with Gasteiger partial charge < -0.3 is 10.6 Å². The standard InChI is InChI=1S/C21H21FN4OS/c22-16-6-5-8-17(15(16)14-23)24-12-13-25-20(27)10-3-4-11-21-26-18-7-1-2-9-19(18)28-21/h1-2,5-9,24H,3-4,10-13H2,(H,25,27). The van der Waals surface area contributed by atoms with Crippen molar-refractivity contribution in [2.75, 3.05) is 18.4 Å². The normalized spacial score (nSPS) is 10.6. The number of para-hydroxylation sites is 1. The van der Waals surface area contributed by atoms with E-state index in [1.54, 1.807) is 23.5 Å². The van der Waals surface area contributed by atoms with Gasteiger partial charge in [-0.15, -0.1) is 11.3 Å². The van der Waals surface area contributed by atoms with E-state index < -0.39 is 5.82 Å². The number of nitriles is 1. The number of carbonyl (C=O) groups is 1. The van der Waals surface area contributed by atoms with E-state index in [9.17, 15) is 9.18 Å². The molecule has 2 aromatic carbocycles. The Balaban J connectivity index is 1.32. The third-order valence-electron chi connectivity index (χ3n) is 4.27. The Bertz CT molecular complexity index is 962. The monoisotopic (exact) mass is 396 g/mol. The van der Waals surface area contributed by atoms with Crippen molar-refractivity contribution in [2.24, 2.45) is 0 Å². The molecule has 0 bridgehead atoms. The highest BCUT2D eigenvalue weighted by Gasteiger charge is 2.07. The van der Waals surface area contributed by atoms with Crippen LogP contribution in [0.5, 0.6) is 0 Å². The van der Waals surface area contributed by atoms with Crippen LogP contribution in [0.3, 0.4) is 0 Å². The molecule has 28 heavy (non-hydrogen) atoms. The summed E-state index contributed by atoms with van der Waals surface area (Å²) in [5.41, 5.74) is 1.46. The van der Waals surface area contributed by atoms with Gasteiger partial charge in [-0.25, -0.2) is 9.37 Å². The fraction of sp³-hybridized carbons (Fsp3) is 0.286. The Morgan fingerprint density at radius 2 is 2.00 bits per heavy atom. The van der Waals surface area contributed by atoms with Gasteiger partial charge in [0, 0.05) is 19.5 Å². The molecule has 0 aliphatic carbocycles. The van der Waals surface area contributed by atoms with E-state index in [1.165, 1.54) is 10.8 Å². The quantitative estimate of drug-likeness (QED) is 0.530. The number of nitrogens with one attached hydrogen (secondary N) is 2. The molecular formula is C21H21FN4OS. The maximum absolute atomic E-state index is 13.5. The molecule has 0 aliphatic heterocycles. The molecule has 7 heteroatoms. The van der Waals surface area contributed by atoms with E-state index >= 15 is 0 Å². The predicted octanol–water partition coefficient (Wildman–Crippen LogP) is 4.25. The van der Waals surface area contributed by atoms with Crippen molar-refractivity contribution in [3.63, 3.8) is 0 Å². The molecule has 3 aromatic rings. The van der Waals surface area contributed by atoms with Crippen molar-refractivity contribution < 1.29 is 9.18 Å². The summed E-state index contributed by atoms with van der Waals surface area (Å²) in [5, 5.41) is 15.9. The number of aryl methyl sites for hydroxylation is 1. The average Bonchev–Trinajstić information content (AvgIpc) is 3.11. The lowest BCUT2D eigenvalue weighted by molar-refractivity contribution is -0.121. The molecule has 0 atom stereocenters. The smallest absolute Gasteiger partial charge is 0.220 e. The Kier molecular flexibility index (Phi) is 6.93. The highest BCUT2D eigenvalue weighted by atomic mass is 32.1. The number of carbonyl (C=O) groups excluding carboxylic acids is 1. The third kappa shape index (κ3) is 5.27. The Morgan fingerprint density at radius 1 is 1.14 bits per heavy atom. The van der Waals surface area contributed by atoms with E-state index in [-0.39, 0.29) is 11.5 Å². The lowest BCUT2D eigenvalue weighted by Crippen LogP contribution is -2.28. The number of benzene rings is 2. The number of unbranched alkanes of at least 4 members (excludes halogenated alkanes) is 1. The summed E-state index contributed by atoms with van der Waals surface area (Å²) in [5.74, 6) is -0.560. The second kappa shape index (κ2) is 9.81. The number of hydrogen-bond donors (Lipinski definition) is 2. The van der Waals surface area contributed by atoms with Crippen LogP contribution in [0, 0.1) is 17.1 Å². The van der Waals surface area contributed by atoms with Crippen LogP contribution in [-0.2, 0) is 11.2 Å². The molecule has 1 heterocycles. The Morgan fingerprint density at radius 3 is 2.82 bits per heavy atom. The fourth-order valence-corrected chi connectivity index (χ4v) is 3.87. The number of anilines is 1. The second-order valence-corrected chi connectivity index (χ2v) is 7.45. The van der Waals surface area contributed by atoms with Crippen LogP contribution in [0.4, 0.5) is 10.1 Å². The number of hydrogen-bond acceptors (Lipinski definition) is 5. The molecule has 0 unspecified atom stereocenters. The summed E-state index contributed by atoms with van der Waals surface area (Å²) in [4.78, 5) is 16.5. The van der Waals surface area contributed by atoms with Gasteiger partial charge in [0.1, 0.15) is 17.4 Å². The molecule has 0 saturated carbocycles. The maximum atomic E-state index is 13.5. The summed E-state index contributed by atoms with van der Waals surface area (Å²) in [6.45, 7) is 0.841. The number of fused-ring (bicyclic) bond motifs is 1. The van der Waals surface area contributed by atoms with E-state index in [0.717, 1.165) is 29.8 Å². The van der Waals surface area contributed by atoms with Crippen molar-refractivity contribution >= 4 is 33.1 Å². The SMILES string of the molecule is N#Cc1c(F)cccc1NCCNC(=O)CCCCc1nc2ccccc2s1. The lowest BCUT2D eigenvalue weighted by Gasteiger charge is -2.09. The largest absolute Gasteiger partial charge is 0.382 e. The van der Waals surface area contributed by atoms with Crippen molar-refractivity contribution in [3.05, 3.63) is 58.9 Å². The van der Waals surface area contributed by atoms with Gasteiger partial charge >= 0.3 is 0 Å². The highest BCUT2D eigenvalue weighted by Crippen LogP contribution is 2.22. The zero-order chi connectivity index (χ0) is 19.8. The van der Waals surface area contributed by atoms with Gasteiger partial charge in [0.15, 0.2) is 0 Å². The first-order chi connectivity index (χ1) is 13.7. The molecule has 2 N–H and O–H groups in total. The van der Waals surface area contributed by atoms with Crippen LogP contribution in [0.1, 0.15) is 29.8 Å². The van der Waals surface area contributed by atoms with Gasteiger partial charge in [0.25, 0.3) is 0 Å². The minimum Gasteiger partial charge on any atom is -0.382 e. The molecule has 144 valence electrons. The van der Waals surface area contributed by atoms with Gasteiger partial charge in [0.2, 0.25) is 5.91 Å². The maximum Gasteiger partial charge on any atom is 0.220 e. The van der Waals surface area contributed by atoms with E-state index in [0.29, 0.717) is 25.2 Å². The van der Waals surface area contributed by atoms with Crippen LogP contribution in [0.2, 0.25) is 0 Å². The third-order valence-corrected chi connectivity index (χ3v) is 5.37. The van der Waals surface area contributed by atoms with Gasteiger partial charge in [-0.1, -0.05) is 18.2 Å². The van der Waals surface area contributed by atoms with Crippen LogP contribution in [0.25, 0.3) is 10.2 Å². The molecule has 0 aliphatic rings. The molecule has 1 amide bonds. The molecule has 1 aromatic heterocycles. The minimum atomic E-state index is -0.551. The summed E-state index contributed by atoms with van der Waals surface area (Å²) in [6.07, 6.45) is 3.07. The van der Waals surface area contributed by atoms with E-state index in [4.69, 9.17) is 5.26 Å².